The van der Waals surface area contributed by atoms with Gasteiger partial charge in [-0.3, -0.25) is 4.79 Å². The average molecular weight is 288 g/mol. The zero-order valence-corrected chi connectivity index (χ0v) is 13.2. The van der Waals surface area contributed by atoms with Crippen molar-refractivity contribution in [2.24, 2.45) is 5.92 Å². The van der Waals surface area contributed by atoms with E-state index in [1.165, 1.54) is 37.7 Å². The maximum absolute atomic E-state index is 11.5. The number of hydrogen-bond acceptors (Lipinski definition) is 2. The van der Waals surface area contributed by atoms with Crippen LogP contribution in [0.25, 0.3) is 0 Å². The molecule has 2 nitrogen and oxygen atoms in total. The van der Waals surface area contributed by atoms with Crippen LogP contribution in [0.1, 0.15) is 76.2 Å². The highest BCUT2D eigenvalue weighted by Crippen LogP contribution is 2.38. The summed E-state index contributed by atoms with van der Waals surface area (Å²) in [6.45, 7) is 2.24. The van der Waals surface area contributed by atoms with Crippen molar-refractivity contribution >= 4 is 5.78 Å². The summed E-state index contributed by atoms with van der Waals surface area (Å²) in [7, 11) is 0. The van der Waals surface area contributed by atoms with Gasteiger partial charge in [-0.05, 0) is 48.8 Å². The zero-order valence-electron chi connectivity index (χ0n) is 13.2. The van der Waals surface area contributed by atoms with Crippen molar-refractivity contribution < 1.29 is 9.90 Å². The van der Waals surface area contributed by atoms with Crippen LogP contribution in [-0.2, 0) is 4.79 Å². The van der Waals surface area contributed by atoms with Crippen LogP contribution in [0, 0.1) is 5.92 Å². The van der Waals surface area contributed by atoms with Gasteiger partial charge in [0.2, 0.25) is 0 Å². The summed E-state index contributed by atoms with van der Waals surface area (Å²) < 4.78 is 0. The summed E-state index contributed by atoms with van der Waals surface area (Å²) in [6.07, 6.45) is 9.95. The van der Waals surface area contributed by atoms with Crippen LogP contribution in [0.15, 0.2) is 24.3 Å². The minimum atomic E-state index is 0.335. The van der Waals surface area contributed by atoms with Crippen LogP contribution in [0.4, 0.5) is 0 Å². The number of phenolic OH excluding ortho intramolecular Hbond substituents is 1. The van der Waals surface area contributed by atoms with E-state index >= 15 is 0 Å². The number of ketones is 1. The van der Waals surface area contributed by atoms with Crippen LogP contribution >= 0.6 is 0 Å². The van der Waals surface area contributed by atoms with Crippen molar-refractivity contribution in [3.8, 4) is 5.75 Å². The first-order chi connectivity index (χ1) is 10.2. The molecule has 1 atom stereocenters. The highest BCUT2D eigenvalue weighted by Gasteiger charge is 2.27. The Labute approximate surface area is 128 Å². The third-order valence-electron chi connectivity index (χ3n) is 4.85. The van der Waals surface area contributed by atoms with E-state index in [1.54, 1.807) is 12.1 Å². The molecule has 1 fully saturated rings. The molecule has 0 heterocycles. The molecule has 1 aromatic carbocycles. The fourth-order valence-corrected chi connectivity index (χ4v) is 3.55. The lowest BCUT2D eigenvalue weighted by Crippen LogP contribution is -2.20. The maximum Gasteiger partial charge on any atom is 0.132 e. The van der Waals surface area contributed by atoms with Crippen molar-refractivity contribution in [3.63, 3.8) is 0 Å². The molecule has 0 spiro atoms. The maximum atomic E-state index is 11.5. The molecular weight excluding hydrogens is 260 g/mol. The molecule has 0 aromatic heterocycles. The summed E-state index contributed by atoms with van der Waals surface area (Å²) in [5.41, 5.74) is 1.34. The SMILES string of the molecule is CCCCCCC(c1ccc(O)cc1)C1CCC(=O)CC1. The minimum Gasteiger partial charge on any atom is -0.508 e. The van der Waals surface area contributed by atoms with E-state index in [0.717, 1.165) is 25.7 Å². The number of carbonyl (C=O) groups excluding carboxylic acids is 1. The molecule has 0 radical (unpaired) electrons. The predicted molar refractivity (Wildman–Crippen MR) is 86.6 cm³/mol. The smallest absolute Gasteiger partial charge is 0.132 e. The molecule has 1 aromatic rings. The molecule has 2 heteroatoms. The van der Waals surface area contributed by atoms with E-state index in [1.807, 2.05) is 0 Å². The van der Waals surface area contributed by atoms with E-state index in [-0.39, 0.29) is 0 Å². The van der Waals surface area contributed by atoms with Gasteiger partial charge in [-0.2, -0.15) is 0 Å². The van der Waals surface area contributed by atoms with E-state index < -0.39 is 0 Å². The number of carbonyl (C=O) groups is 1. The Hall–Kier alpha value is -1.31. The number of Topliss-reactive ketones (excluding diaryl/α,β-unsaturated/α-hetero) is 1. The molecule has 1 saturated carbocycles. The van der Waals surface area contributed by atoms with Crippen LogP contribution in [0.3, 0.4) is 0 Å². The van der Waals surface area contributed by atoms with Crippen molar-refractivity contribution in [3.05, 3.63) is 29.8 Å². The third kappa shape index (κ3) is 4.87. The number of unbranched alkanes of at least 4 members (excludes halogenated alkanes) is 3. The zero-order chi connectivity index (χ0) is 15.1. The lowest BCUT2D eigenvalue weighted by Gasteiger charge is -2.30. The second-order valence-corrected chi connectivity index (χ2v) is 6.42. The van der Waals surface area contributed by atoms with Gasteiger partial charge >= 0.3 is 0 Å². The van der Waals surface area contributed by atoms with E-state index in [2.05, 4.69) is 19.1 Å². The lowest BCUT2D eigenvalue weighted by atomic mass is 9.74. The number of benzene rings is 1. The van der Waals surface area contributed by atoms with Gasteiger partial charge in [0.25, 0.3) is 0 Å². The van der Waals surface area contributed by atoms with Crippen LogP contribution in [0.2, 0.25) is 0 Å². The van der Waals surface area contributed by atoms with Gasteiger partial charge in [-0.25, -0.2) is 0 Å². The van der Waals surface area contributed by atoms with Crippen LogP contribution in [0.5, 0.6) is 5.75 Å². The lowest BCUT2D eigenvalue weighted by molar-refractivity contribution is -0.121. The molecule has 0 bridgehead atoms. The molecule has 1 unspecified atom stereocenters. The summed E-state index contributed by atoms with van der Waals surface area (Å²) in [6, 6.07) is 7.72. The molecule has 1 N–H and O–H groups in total. The fourth-order valence-electron chi connectivity index (χ4n) is 3.55. The molecule has 2 rings (SSSR count). The quantitative estimate of drug-likeness (QED) is 0.700. The highest BCUT2D eigenvalue weighted by atomic mass is 16.3. The topological polar surface area (TPSA) is 37.3 Å². The monoisotopic (exact) mass is 288 g/mol. The minimum absolute atomic E-state index is 0.335. The first-order valence-electron chi connectivity index (χ1n) is 8.51. The summed E-state index contributed by atoms with van der Waals surface area (Å²) in [5.74, 6) is 1.95. The second-order valence-electron chi connectivity index (χ2n) is 6.42. The van der Waals surface area contributed by atoms with Gasteiger partial charge in [0.1, 0.15) is 11.5 Å². The Kier molecular flexibility index (Phi) is 6.28. The van der Waals surface area contributed by atoms with Gasteiger partial charge in [-0.15, -0.1) is 0 Å². The molecule has 0 saturated heterocycles. The van der Waals surface area contributed by atoms with E-state index in [0.29, 0.717) is 23.4 Å². The van der Waals surface area contributed by atoms with Crippen LogP contribution in [-0.4, -0.2) is 10.9 Å². The Morgan fingerprint density at radius 2 is 1.76 bits per heavy atom. The molecule has 0 aliphatic heterocycles. The normalized spacial score (nSPS) is 17.9. The first-order valence-corrected chi connectivity index (χ1v) is 8.51. The molecule has 21 heavy (non-hydrogen) atoms. The third-order valence-corrected chi connectivity index (χ3v) is 4.85. The number of hydrogen-bond donors (Lipinski definition) is 1. The Morgan fingerprint density at radius 1 is 1.10 bits per heavy atom. The summed E-state index contributed by atoms with van der Waals surface area (Å²) >= 11 is 0. The Bertz CT molecular complexity index is 425. The van der Waals surface area contributed by atoms with E-state index in [9.17, 15) is 9.90 Å². The Morgan fingerprint density at radius 3 is 2.38 bits per heavy atom. The standard InChI is InChI=1S/C19H28O2/c1-2-3-4-5-6-19(15-7-11-17(20)12-8-15)16-9-13-18(21)14-10-16/h7-8,11-12,16,19-20H,2-6,9-10,13-14H2,1H3. The van der Waals surface area contributed by atoms with Gasteiger partial charge in [-0.1, -0.05) is 44.7 Å². The summed E-state index contributed by atoms with van der Waals surface area (Å²) in [4.78, 5) is 11.5. The largest absolute Gasteiger partial charge is 0.508 e. The molecule has 1 aliphatic carbocycles. The second kappa shape index (κ2) is 8.21. The van der Waals surface area contributed by atoms with Gasteiger partial charge < -0.3 is 5.11 Å². The van der Waals surface area contributed by atoms with Crippen LogP contribution < -0.4 is 0 Å². The van der Waals surface area contributed by atoms with Gasteiger partial charge in [0.05, 0.1) is 0 Å². The number of aromatic hydroxyl groups is 1. The highest BCUT2D eigenvalue weighted by molar-refractivity contribution is 5.79. The van der Waals surface area contributed by atoms with Crippen molar-refractivity contribution in [2.75, 3.05) is 0 Å². The number of phenols is 1. The summed E-state index contributed by atoms with van der Waals surface area (Å²) in [5, 5.41) is 9.48. The average Bonchev–Trinajstić information content (AvgIpc) is 2.50. The van der Waals surface area contributed by atoms with Crippen molar-refractivity contribution in [1.29, 1.82) is 0 Å². The van der Waals surface area contributed by atoms with E-state index in [4.69, 9.17) is 0 Å². The molecular formula is C19H28O2. The van der Waals surface area contributed by atoms with Crippen molar-refractivity contribution in [2.45, 2.75) is 70.6 Å². The number of rotatable bonds is 7. The fraction of sp³-hybridized carbons (Fsp3) is 0.632. The van der Waals surface area contributed by atoms with Gasteiger partial charge in [0, 0.05) is 12.8 Å². The first kappa shape index (κ1) is 16.1. The predicted octanol–water partition coefficient (Wildman–Crippen LogP) is 5.21. The molecule has 116 valence electrons. The van der Waals surface area contributed by atoms with Crippen molar-refractivity contribution in [1.82, 2.24) is 0 Å². The Balaban J connectivity index is 2.02. The molecule has 1 aliphatic rings. The molecule has 0 amide bonds. The van der Waals surface area contributed by atoms with Gasteiger partial charge in [0.15, 0.2) is 0 Å².